The number of hydrogen-bond acceptors (Lipinski definition) is 5. The SMILES string of the molecule is COc1ccc(OC)c(CC(=O)N2CCOC(CC(=O)O)C2)c1. The largest absolute Gasteiger partial charge is 0.497 e. The standard InChI is InChI=1S/C16H21NO6/c1-21-12-3-4-14(22-2)11(7-12)8-15(18)17-5-6-23-13(10-17)9-16(19)20/h3-4,7,13H,5-6,8-10H2,1-2H3,(H,19,20). The van der Waals surface area contributed by atoms with Crippen molar-refractivity contribution in [1.29, 1.82) is 0 Å². The van der Waals surface area contributed by atoms with Gasteiger partial charge >= 0.3 is 5.97 Å². The van der Waals surface area contributed by atoms with Crippen LogP contribution in [-0.2, 0) is 20.7 Å². The van der Waals surface area contributed by atoms with Crippen LogP contribution in [0.15, 0.2) is 18.2 Å². The Labute approximate surface area is 134 Å². The average molecular weight is 323 g/mol. The topological polar surface area (TPSA) is 85.3 Å². The van der Waals surface area contributed by atoms with E-state index >= 15 is 0 Å². The minimum atomic E-state index is -0.932. The quantitative estimate of drug-likeness (QED) is 0.839. The molecule has 1 saturated heterocycles. The van der Waals surface area contributed by atoms with Crippen molar-refractivity contribution in [2.24, 2.45) is 0 Å². The summed E-state index contributed by atoms with van der Waals surface area (Å²) in [6.07, 6.45) is -0.399. The van der Waals surface area contributed by atoms with Gasteiger partial charge in [0.1, 0.15) is 11.5 Å². The van der Waals surface area contributed by atoms with E-state index in [0.29, 0.717) is 24.7 Å². The van der Waals surface area contributed by atoms with Gasteiger partial charge in [0, 0.05) is 18.7 Å². The monoisotopic (exact) mass is 323 g/mol. The molecule has 1 aliphatic rings. The van der Waals surface area contributed by atoms with Crippen molar-refractivity contribution in [2.75, 3.05) is 33.9 Å². The summed E-state index contributed by atoms with van der Waals surface area (Å²) in [5.74, 6) is 0.253. The van der Waals surface area contributed by atoms with E-state index in [4.69, 9.17) is 19.3 Å². The predicted molar refractivity (Wildman–Crippen MR) is 81.8 cm³/mol. The molecule has 0 aromatic heterocycles. The molecular weight excluding hydrogens is 302 g/mol. The number of amides is 1. The summed E-state index contributed by atoms with van der Waals surface area (Å²) >= 11 is 0. The van der Waals surface area contributed by atoms with E-state index in [1.54, 1.807) is 37.3 Å². The Kier molecular flexibility index (Phi) is 5.81. The minimum Gasteiger partial charge on any atom is -0.497 e. The number of carbonyl (C=O) groups is 2. The molecule has 1 N–H and O–H groups in total. The molecule has 7 nitrogen and oxygen atoms in total. The number of methoxy groups -OCH3 is 2. The highest BCUT2D eigenvalue weighted by atomic mass is 16.5. The number of ether oxygens (including phenoxy) is 3. The molecule has 0 spiro atoms. The fourth-order valence-corrected chi connectivity index (χ4v) is 2.56. The predicted octanol–water partition coefficient (Wildman–Crippen LogP) is 0.948. The van der Waals surface area contributed by atoms with Crippen LogP contribution < -0.4 is 9.47 Å². The van der Waals surface area contributed by atoms with Gasteiger partial charge in [0.25, 0.3) is 0 Å². The number of nitrogens with zero attached hydrogens (tertiary/aromatic N) is 1. The molecule has 23 heavy (non-hydrogen) atoms. The first-order valence-electron chi connectivity index (χ1n) is 7.35. The van der Waals surface area contributed by atoms with Crippen LogP contribution in [0.4, 0.5) is 0 Å². The van der Waals surface area contributed by atoms with E-state index in [-0.39, 0.29) is 25.3 Å². The van der Waals surface area contributed by atoms with E-state index in [9.17, 15) is 9.59 Å². The Hall–Kier alpha value is -2.28. The van der Waals surface area contributed by atoms with Crippen LogP contribution in [-0.4, -0.2) is 61.9 Å². The van der Waals surface area contributed by atoms with Gasteiger partial charge in [0.15, 0.2) is 0 Å². The van der Waals surface area contributed by atoms with Gasteiger partial charge in [0.05, 0.1) is 39.8 Å². The van der Waals surface area contributed by atoms with Gasteiger partial charge in [0.2, 0.25) is 5.91 Å². The lowest BCUT2D eigenvalue weighted by molar-refractivity contribution is -0.147. The number of morpholine rings is 1. The molecule has 1 amide bonds. The van der Waals surface area contributed by atoms with Crippen LogP contribution in [0.5, 0.6) is 11.5 Å². The Bertz CT molecular complexity index is 574. The first kappa shape index (κ1) is 17.1. The molecule has 0 saturated carbocycles. The fourth-order valence-electron chi connectivity index (χ4n) is 2.56. The zero-order valence-corrected chi connectivity index (χ0v) is 13.3. The van der Waals surface area contributed by atoms with E-state index < -0.39 is 12.1 Å². The van der Waals surface area contributed by atoms with Crippen molar-refractivity contribution < 1.29 is 28.9 Å². The summed E-state index contributed by atoms with van der Waals surface area (Å²) in [6, 6.07) is 5.30. The molecule has 2 rings (SSSR count). The van der Waals surface area contributed by atoms with Crippen LogP contribution in [0.2, 0.25) is 0 Å². The molecule has 1 aromatic carbocycles. The van der Waals surface area contributed by atoms with Crippen LogP contribution >= 0.6 is 0 Å². The molecule has 7 heteroatoms. The maximum absolute atomic E-state index is 12.5. The van der Waals surface area contributed by atoms with E-state index in [1.165, 1.54) is 0 Å². The lowest BCUT2D eigenvalue weighted by Gasteiger charge is -2.32. The van der Waals surface area contributed by atoms with Crippen molar-refractivity contribution in [3.63, 3.8) is 0 Å². The molecule has 1 aromatic rings. The van der Waals surface area contributed by atoms with Gasteiger partial charge < -0.3 is 24.2 Å². The highest BCUT2D eigenvalue weighted by molar-refractivity contribution is 5.80. The summed E-state index contributed by atoms with van der Waals surface area (Å²) < 4.78 is 15.8. The smallest absolute Gasteiger partial charge is 0.306 e. The molecule has 1 atom stereocenters. The number of hydrogen-bond donors (Lipinski definition) is 1. The van der Waals surface area contributed by atoms with Gasteiger partial charge in [-0.1, -0.05) is 0 Å². The third-order valence-electron chi connectivity index (χ3n) is 3.72. The number of carbonyl (C=O) groups excluding carboxylic acids is 1. The Morgan fingerprint density at radius 1 is 1.35 bits per heavy atom. The van der Waals surface area contributed by atoms with E-state index in [1.807, 2.05) is 0 Å². The highest BCUT2D eigenvalue weighted by Crippen LogP contribution is 2.25. The number of aliphatic carboxylic acids is 1. The second-order valence-electron chi connectivity index (χ2n) is 5.28. The fraction of sp³-hybridized carbons (Fsp3) is 0.500. The first-order chi connectivity index (χ1) is 11.0. The van der Waals surface area contributed by atoms with Crippen LogP contribution in [0.25, 0.3) is 0 Å². The number of rotatable bonds is 6. The second kappa shape index (κ2) is 7.82. The lowest BCUT2D eigenvalue weighted by atomic mass is 10.1. The number of carboxylic acids is 1. The second-order valence-corrected chi connectivity index (χ2v) is 5.28. The van der Waals surface area contributed by atoms with Gasteiger partial charge in [-0.15, -0.1) is 0 Å². The van der Waals surface area contributed by atoms with Crippen molar-refractivity contribution >= 4 is 11.9 Å². The molecule has 1 unspecified atom stereocenters. The lowest BCUT2D eigenvalue weighted by Crippen LogP contribution is -2.46. The van der Waals surface area contributed by atoms with E-state index in [2.05, 4.69) is 0 Å². The third-order valence-corrected chi connectivity index (χ3v) is 3.72. The van der Waals surface area contributed by atoms with Crippen molar-refractivity contribution in [1.82, 2.24) is 4.90 Å². The average Bonchev–Trinajstić information content (AvgIpc) is 2.54. The van der Waals surface area contributed by atoms with Gasteiger partial charge in [-0.05, 0) is 18.2 Å². The molecule has 0 radical (unpaired) electrons. The van der Waals surface area contributed by atoms with Gasteiger partial charge in [-0.2, -0.15) is 0 Å². The summed E-state index contributed by atoms with van der Waals surface area (Å²) in [7, 11) is 3.11. The van der Waals surface area contributed by atoms with Crippen LogP contribution in [0.1, 0.15) is 12.0 Å². The molecule has 0 bridgehead atoms. The molecule has 1 aliphatic heterocycles. The maximum atomic E-state index is 12.5. The van der Waals surface area contributed by atoms with E-state index in [0.717, 1.165) is 5.56 Å². The normalized spacial score (nSPS) is 17.7. The van der Waals surface area contributed by atoms with Crippen molar-refractivity contribution in [2.45, 2.75) is 18.9 Å². The number of carboxylic acid groups (broad SMARTS) is 1. The summed E-state index contributed by atoms with van der Waals surface area (Å²) in [5.41, 5.74) is 0.734. The summed E-state index contributed by atoms with van der Waals surface area (Å²) in [5, 5.41) is 8.84. The molecule has 0 aliphatic carbocycles. The zero-order chi connectivity index (χ0) is 16.8. The van der Waals surface area contributed by atoms with Crippen molar-refractivity contribution in [3.05, 3.63) is 23.8 Å². The van der Waals surface area contributed by atoms with Crippen LogP contribution in [0, 0.1) is 0 Å². The molecular formula is C16H21NO6. The third kappa shape index (κ3) is 4.59. The van der Waals surface area contributed by atoms with Gasteiger partial charge in [-0.3, -0.25) is 9.59 Å². The Morgan fingerprint density at radius 2 is 2.13 bits per heavy atom. The first-order valence-corrected chi connectivity index (χ1v) is 7.35. The molecule has 1 heterocycles. The molecule has 126 valence electrons. The van der Waals surface area contributed by atoms with Gasteiger partial charge in [-0.25, -0.2) is 0 Å². The summed E-state index contributed by atoms with van der Waals surface area (Å²) in [6.45, 7) is 1.09. The number of benzene rings is 1. The maximum Gasteiger partial charge on any atom is 0.306 e. The zero-order valence-electron chi connectivity index (χ0n) is 13.3. The minimum absolute atomic E-state index is 0.0877. The summed E-state index contributed by atoms with van der Waals surface area (Å²) in [4.78, 5) is 24.9. The van der Waals surface area contributed by atoms with Crippen molar-refractivity contribution in [3.8, 4) is 11.5 Å². The Balaban J connectivity index is 2.05. The molecule has 1 fully saturated rings. The van der Waals surface area contributed by atoms with Crippen LogP contribution in [0.3, 0.4) is 0 Å². The Morgan fingerprint density at radius 3 is 2.78 bits per heavy atom. The highest BCUT2D eigenvalue weighted by Gasteiger charge is 2.26.